The van der Waals surface area contributed by atoms with E-state index in [1.54, 1.807) is 17.0 Å². The average molecular weight is 489 g/mol. The second-order valence-electron chi connectivity index (χ2n) is 9.18. The minimum absolute atomic E-state index is 0.0414. The third kappa shape index (κ3) is 4.20. The first-order chi connectivity index (χ1) is 16.2. The van der Waals surface area contributed by atoms with Crippen LogP contribution in [0.15, 0.2) is 36.4 Å². The van der Waals surface area contributed by atoms with Gasteiger partial charge in [-0.3, -0.25) is 4.79 Å². The highest BCUT2D eigenvalue weighted by Gasteiger charge is 2.59. The maximum Gasteiger partial charge on any atom is 0.238 e. The molecule has 1 aliphatic heterocycles. The zero-order chi connectivity index (χ0) is 24.1. The van der Waals surface area contributed by atoms with Gasteiger partial charge in [-0.25, -0.2) is 22.2 Å². The van der Waals surface area contributed by atoms with E-state index in [4.69, 9.17) is 0 Å². The van der Waals surface area contributed by atoms with E-state index < -0.39 is 26.9 Å². The lowest BCUT2D eigenvalue weighted by Crippen LogP contribution is -2.32. The van der Waals surface area contributed by atoms with E-state index in [0.29, 0.717) is 43.1 Å². The predicted molar refractivity (Wildman–Crippen MR) is 125 cm³/mol. The number of hydrogen-bond acceptors (Lipinski definition) is 5. The van der Waals surface area contributed by atoms with Crippen molar-refractivity contribution in [3.05, 3.63) is 59.4 Å². The molecule has 2 aromatic carbocycles. The average Bonchev–Trinajstić information content (AvgIpc) is 3.46. The van der Waals surface area contributed by atoms with E-state index in [1.165, 1.54) is 30.5 Å². The fourth-order valence-electron chi connectivity index (χ4n) is 4.79. The van der Waals surface area contributed by atoms with Crippen molar-refractivity contribution < 1.29 is 22.0 Å². The SMILES string of the molecule is CS(=O)(=O)CCNCCCn1c(CN2C(=O)C3(CC3)c3ccc(F)cc32)nc2cc(F)ccc21. The first-order valence-electron chi connectivity index (χ1n) is 11.3. The van der Waals surface area contributed by atoms with Crippen LogP contribution in [-0.2, 0) is 33.1 Å². The molecule has 1 N–H and O–H groups in total. The Bertz CT molecular complexity index is 1380. The van der Waals surface area contributed by atoms with E-state index in [0.717, 1.165) is 23.9 Å². The zero-order valence-corrected chi connectivity index (χ0v) is 19.7. The summed E-state index contributed by atoms with van der Waals surface area (Å²) in [4.78, 5) is 19.5. The summed E-state index contributed by atoms with van der Waals surface area (Å²) in [5.74, 6) is -0.170. The first-order valence-corrected chi connectivity index (χ1v) is 13.4. The van der Waals surface area contributed by atoms with Gasteiger partial charge in [-0.1, -0.05) is 6.07 Å². The molecule has 180 valence electrons. The number of carbonyl (C=O) groups is 1. The lowest BCUT2D eigenvalue weighted by Gasteiger charge is -2.19. The van der Waals surface area contributed by atoms with Gasteiger partial charge in [-0.2, -0.15) is 0 Å². The van der Waals surface area contributed by atoms with Crippen molar-refractivity contribution in [1.82, 2.24) is 14.9 Å². The minimum Gasteiger partial charge on any atom is -0.326 e. The molecule has 0 saturated heterocycles. The Morgan fingerprint density at radius 1 is 1.09 bits per heavy atom. The number of rotatable bonds is 9. The Kier molecular flexibility index (Phi) is 5.68. The molecule has 0 unspecified atom stereocenters. The van der Waals surface area contributed by atoms with Crippen LogP contribution in [0.4, 0.5) is 14.5 Å². The van der Waals surface area contributed by atoms with Crippen molar-refractivity contribution in [3.8, 4) is 0 Å². The molecule has 0 atom stereocenters. The van der Waals surface area contributed by atoms with Crippen LogP contribution in [0, 0.1) is 11.6 Å². The van der Waals surface area contributed by atoms with Crippen LogP contribution < -0.4 is 10.2 Å². The standard InChI is InChI=1S/C24H26F2N4O3S/c1-34(32,33)12-10-27-9-2-11-29-20-6-4-16(25)13-19(20)28-22(29)15-30-21-14-17(26)3-5-18(21)24(7-8-24)23(30)31/h3-6,13-14,27H,2,7-12,15H2,1H3. The summed E-state index contributed by atoms with van der Waals surface area (Å²) in [6.45, 7) is 1.67. The molecule has 3 aromatic rings. The smallest absolute Gasteiger partial charge is 0.238 e. The molecule has 1 amide bonds. The highest BCUT2D eigenvalue weighted by Crippen LogP contribution is 2.57. The summed E-state index contributed by atoms with van der Waals surface area (Å²) in [5, 5.41) is 3.12. The number of fused-ring (bicyclic) bond motifs is 3. The highest BCUT2D eigenvalue weighted by molar-refractivity contribution is 7.90. The maximum atomic E-state index is 14.1. The first kappa shape index (κ1) is 22.9. The van der Waals surface area contributed by atoms with Crippen LogP contribution in [0.1, 0.15) is 30.7 Å². The largest absolute Gasteiger partial charge is 0.326 e. The van der Waals surface area contributed by atoms with E-state index in [1.807, 2.05) is 4.57 Å². The van der Waals surface area contributed by atoms with Crippen molar-refractivity contribution in [1.29, 1.82) is 0 Å². The molecule has 2 heterocycles. The summed E-state index contributed by atoms with van der Waals surface area (Å²) >= 11 is 0. The molecule has 0 bridgehead atoms. The van der Waals surface area contributed by atoms with Gasteiger partial charge < -0.3 is 14.8 Å². The monoisotopic (exact) mass is 488 g/mol. The number of amides is 1. The highest BCUT2D eigenvalue weighted by atomic mass is 32.2. The molecular weight excluding hydrogens is 462 g/mol. The van der Waals surface area contributed by atoms with Crippen LogP contribution in [0.3, 0.4) is 0 Å². The van der Waals surface area contributed by atoms with Gasteiger partial charge in [-0.05, 0) is 55.6 Å². The zero-order valence-electron chi connectivity index (χ0n) is 18.9. The van der Waals surface area contributed by atoms with Gasteiger partial charge in [0.1, 0.15) is 27.3 Å². The molecule has 1 saturated carbocycles. The molecule has 1 aliphatic carbocycles. The van der Waals surface area contributed by atoms with Crippen LogP contribution >= 0.6 is 0 Å². The van der Waals surface area contributed by atoms with Crippen molar-refractivity contribution >= 4 is 32.5 Å². The molecule has 10 heteroatoms. The molecule has 34 heavy (non-hydrogen) atoms. The number of benzene rings is 2. The number of halogens is 2. The van der Waals surface area contributed by atoms with Gasteiger partial charge in [0.05, 0.1) is 34.4 Å². The molecule has 0 radical (unpaired) electrons. The number of anilines is 1. The van der Waals surface area contributed by atoms with E-state index in [-0.39, 0.29) is 18.2 Å². The predicted octanol–water partition coefficient (Wildman–Crippen LogP) is 2.92. The Morgan fingerprint density at radius 3 is 2.56 bits per heavy atom. The summed E-state index contributed by atoms with van der Waals surface area (Å²) < 4.78 is 52.4. The molecule has 5 rings (SSSR count). The summed E-state index contributed by atoms with van der Waals surface area (Å²) in [6, 6.07) is 8.90. The van der Waals surface area contributed by atoms with E-state index >= 15 is 0 Å². The van der Waals surface area contributed by atoms with Crippen molar-refractivity contribution in [2.24, 2.45) is 0 Å². The Morgan fingerprint density at radius 2 is 1.82 bits per heavy atom. The number of carbonyl (C=O) groups excluding carboxylic acids is 1. The molecule has 2 aliphatic rings. The van der Waals surface area contributed by atoms with Gasteiger partial charge in [0, 0.05) is 25.4 Å². The second kappa shape index (κ2) is 8.42. The lowest BCUT2D eigenvalue weighted by atomic mass is 9.98. The normalized spacial score (nSPS) is 16.6. The molecule has 7 nitrogen and oxygen atoms in total. The summed E-state index contributed by atoms with van der Waals surface area (Å²) in [6.07, 6.45) is 3.39. The Hall–Kier alpha value is -2.85. The van der Waals surface area contributed by atoms with Crippen molar-refractivity contribution in [2.75, 3.05) is 30.0 Å². The van der Waals surface area contributed by atoms with E-state index in [9.17, 15) is 22.0 Å². The Labute approximate surface area is 196 Å². The summed E-state index contributed by atoms with van der Waals surface area (Å²) in [7, 11) is -3.02. The van der Waals surface area contributed by atoms with Gasteiger partial charge in [0.25, 0.3) is 0 Å². The van der Waals surface area contributed by atoms with E-state index in [2.05, 4.69) is 10.3 Å². The third-order valence-corrected chi connectivity index (χ3v) is 7.59. The van der Waals surface area contributed by atoms with Crippen LogP contribution in [0.5, 0.6) is 0 Å². The number of sulfone groups is 1. The number of aromatic nitrogens is 2. The second-order valence-corrected chi connectivity index (χ2v) is 11.4. The fraction of sp³-hybridized carbons (Fsp3) is 0.417. The van der Waals surface area contributed by atoms with Crippen molar-refractivity contribution in [2.45, 2.75) is 37.8 Å². The van der Waals surface area contributed by atoms with Gasteiger partial charge in [0.15, 0.2) is 0 Å². The van der Waals surface area contributed by atoms with Gasteiger partial charge >= 0.3 is 0 Å². The molecule has 1 aromatic heterocycles. The van der Waals surface area contributed by atoms with Gasteiger partial charge in [0.2, 0.25) is 5.91 Å². The molecule has 1 fully saturated rings. The van der Waals surface area contributed by atoms with Crippen molar-refractivity contribution in [3.63, 3.8) is 0 Å². The maximum absolute atomic E-state index is 14.1. The molecular formula is C24H26F2N4O3S. The van der Waals surface area contributed by atoms with Crippen LogP contribution in [0.2, 0.25) is 0 Å². The topological polar surface area (TPSA) is 84.3 Å². The Balaban J connectivity index is 1.39. The van der Waals surface area contributed by atoms with Crippen LogP contribution in [0.25, 0.3) is 11.0 Å². The number of nitrogens with one attached hydrogen (secondary N) is 1. The molecule has 1 spiro atoms. The number of nitrogens with zero attached hydrogens (tertiary/aromatic N) is 3. The van der Waals surface area contributed by atoms with Gasteiger partial charge in [-0.15, -0.1) is 0 Å². The number of aryl methyl sites for hydroxylation is 1. The minimum atomic E-state index is -3.02. The quantitative estimate of drug-likeness (QED) is 0.469. The number of hydrogen-bond donors (Lipinski definition) is 1. The fourth-order valence-corrected chi connectivity index (χ4v) is 5.31. The summed E-state index contributed by atoms with van der Waals surface area (Å²) in [5.41, 5.74) is 2.14. The third-order valence-electron chi connectivity index (χ3n) is 6.64. The number of imidazole rings is 1. The lowest BCUT2D eigenvalue weighted by molar-refractivity contribution is -0.120. The van der Waals surface area contributed by atoms with Crippen LogP contribution in [-0.4, -0.2) is 49.0 Å².